The molecule has 0 aliphatic heterocycles. The van der Waals surface area contributed by atoms with Gasteiger partial charge in [-0.1, -0.05) is 36.4 Å². The van der Waals surface area contributed by atoms with Gasteiger partial charge in [0.2, 0.25) is 0 Å². The third-order valence-corrected chi connectivity index (χ3v) is 7.75. The molecule has 1 aromatic heterocycles. The molecule has 6 nitrogen and oxygen atoms in total. The maximum absolute atomic E-state index is 13.8. The van der Waals surface area contributed by atoms with Gasteiger partial charge in [0, 0.05) is 18.1 Å². The summed E-state index contributed by atoms with van der Waals surface area (Å²) in [4.78, 5) is 11.2. The first-order valence-corrected chi connectivity index (χ1v) is 12.6. The molecule has 0 aliphatic carbocycles. The van der Waals surface area contributed by atoms with E-state index in [9.17, 15) is 26.4 Å². The number of carboxylic acid groups (broad SMARTS) is 1. The highest BCUT2D eigenvalue weighted by Gasteiger charge is 2.35. The van der Waals surface area contributed by atoms with Gasteiger partial charge >= 0.3 is 12.1 Å². The zero-order chi connectivity index (χ0) is 25.2. The lowest BCUT2D eigenvalue weighted by Gasteiger charge is -2.11. The van der Waals surface area contributed by atoms with E-state index >= 15 is 0 Å². The van der Waals surface area contributed by atoms with Gasteiger partial charge in [-0.3, -0.25) is 3.97 Å². The van der Waals surface area contributed by atoms with Gasteiger partial charge in [0.15, 0.2) is 11.0 Å². The highest BCUT2D eigenvalue weighted by atomic mass is 32.2. The molecule has 2 atom stereocenters. The van der Waals surface area contributed by atoms with Crippen LogP contribution >= 0.6 is 0 Å². The smallest absolute Gasteiger partial charge is 0.417 e. The van der Waals surface area contributed by atoms with Crippen LogP contribution in [0.5, 0.6) is 0 Å². The van der Waals surface area contributed by atoms with E-state index in [4.69, 9.17) is 5.11 Å². The Bertz CT molecular complexity index is 1420. The van der Waals surface area contributed by atoms with Gasteiger partial charge in [0.1, 0.15) is 11.0 Å². The van der Waals surface area contributed by atoms with Crippen LogP contribution in [0.1, 0.15) is 21.5 Å². The molecule has 1 heterocycles. The molecule has 2 unspecified atom stereocenters. The number of carboxylic acids is 1. The van der Waals surface area contributed by atoms with Crippen LogP contribution in [0, 0.1) is 0 Å². The number of aromatic nitrogens is 1. The second-order valence-corrected chi connectivity index (χ2v) is 10.1. The number of nitrogens with one attached hydrogen (secondary N) is 1. The number of carbonyl (C=O) groups is 1. The lowest BCUT2D eigenvalue weighted by Crippen LogP contribution is -2.20. The molecule has 11 heteroatoms. The van der Waals surface area contributed by atoms with Crippen LogP contribution in [-0.4, -0.2) is 30.0 Å². The van der Waals surface area contributed by atoms with E-state index in [1.807, 2.05) is 0 Å². The molecule has 0 aliphatic rings. The molecule has 35 heavy (non-hydrogen) atoms. The maximum atomic E-state index is 13.8. The van der Waals surface area contributed by atoms with Gasteiger partial charge in [-0.05, 0) is 48.4 Å². The molecule has 0 saturated heterocycles. The molecular formula is C24H19F3N2O4S2. The number of halogens is 3. The first kappa shape index (κ1) is 24.8. The van der Waals surface area contributed by atoms with Crippen molar-refractivity contribution in [2.45, 2.75) is 22.4 Å². The Labute approximate surface area is 203 Å². The maximum Gasteiger partial charge on any atom is 0.417 e. The molecule has 0 saturated carbocycles. The number of benzene rings is 3. The topological polar surface area (TPSA) is 88.4 Å². The first-order chi connectivity index (χ1) is 16.7. The zero-order valence-corrected chi connectivity index (χ0v) is 19.6. The lowest BCUT2D eigenvalue weighted by atomic mass is 10.1. The Kier molecular flexibility index (Phi) is 7.20. The SMILES string of the molecule is O=C(O)c1ccc(CCNS(=O)c2cn(S(=O)c3ccccc3)c3cccc(C(F)(F)F)c23)cc1. The van der Waals surface area contributed by atoms with E-state index in [2.05, 4.69) is 4.72 Å². The predicted molar refractivity (Wildman–Crippen MR) is 127 cm³/mol. The number of hydrogen-bond acceptors (Lipinski definition) is 3. The summed E-state index contributed by atoms with van der Waals surface area (Å²) in [6.45, 7) is 0.154. The van der Waals surface area contributed by atoms with Crippen molar-refractivity contribution >= 4 is 38.8 Å². The quantitative estimate of drug-likeness (QED) is 0.350. The summed E-state index contributed by atoms with van der Waals surface area (Å²) in [6.07, 6.45) is -3.11. The van der Waals surface area contributed by atoms with Crippen LogP contribution in [0.15, 0.2) is 88.8 Å². The predicted octanol–water partition coefficient (Wildman–Crippen LogP) is 4.78. The Morgan fingerprint density at radius 3 is 2.26 bits per heavy atom. The van der Waals surface area contributed by atoms with E-state index in [1.165, 1.54) is 34.4 Å². The summed E-state index contributed by atoms with van der Waals surface area (Å²) < 4.78 is 71.6. The standard InChI is InChI=1S/C24H19F3N2O4S2/c25-24(26,27)19-7-4-8-20-22(19)21(15-29(20)35(33)18-5-2-1-3-6-18)34(32)28-14-13-16-9-11-17(12-10-16)23(30)31/h1-12,15,28H,13-14H2,(H,30,31). The van der Waals surface area contributed by atoms with E-state index in [1.54, 1.807) is 42.5 Å². The van der Waals surface area contributed by atoms with Crippen LogP contribution < -0.4 is 4.72 Å². The fraction of sp³-hybridized carbons (Fsp3) is 0.125. The van der Waals surface area contributed by atoms with Crippen molar-refractivity contribution < 1.29 is 31.5 Å². The van der Waals surface area contributed by atoms with Gasteiger partial charge in [-0.15, -0.1) is 0 Å². The molecule has 0 bridgehead atoms. The molecule has 3 aromatic carbocycles. The van der Waals surface area contributed by atoms with Gasteiger partial charge in [-0.2, -0.15) is 13.2 Å². The molecule has 0 spiro atoms. The lowest BCUT2D eigenvalue weighted by molar-refractivity contribution is -0.136. The minimum absolute atomic E-state index is 0.0522. The average Bonchev–Trinajstić information content (AvgIpc) is 3.23. The summed E-state index contributed by atoms with van der Waals surface area (Å²) in [5.41, 5.74) is -0.0167. The Morgan fingerprint density at radius 2 is 1.63 bits per heavy atom. The Balaban J connectivity index is 1.65. The number of nitrogens with zero attached hydrogens (tertiary/aromatic N) is 1. The van der Waals surface area contributed by atoms with Crippen molar-refractivity contribution in [2.75, 3.05) is 6.54 Å². The molecule has 4 aromatic rings. The van der Waals surface area contributed by atoms with E-state index in [0.29, 0.717) is 11.3 Å². The number of fused-ring (bicyclic) bond motifs is 1. The number of aromatic carboxylic acids is 1. The van der Waals surface area contributed by atoms with Crippen molar-refractivity contribution in [1.82, 2.24) is 8.69 Å². The van der Waals surface area contributed by atoms with Crippen LogP contribution in [0.25, 0.3) is 10.9 Å². The van der Waals surface area contributed by atoms with Gasteiger partial charge in [0.05, 0.1) is 26.4 Å². The van der Waals surface area contributed by atoms with E-state index < -0.39 is 39.7 Å². The van der Waals surface area contributed by atoms with Crippen molar-refractivity contribution in [3.63, 3.8) is 0 Å². The van der Waals surface area contributed by atoms with Crippen LogP contribution in [0.4, 0.5) is 13.2 Å². The largest absolute Gasteiger partial charge is 0.478 e. The van der Waals surface area contributed by atoms with Crippen LogP contribution in [0.2, 0.25) is 0 Å². The van der Waals surface area contributed by atoms with Crippen LogP contribution in [0.3, 0.4) is 0 Å². The Hall–Kier alpha value is -3.28. The number of rotatable bonds is 8. The average molecular weight is 521 g/mol. The highest BCUT2D eigenvalue weighted by molar-refractivity contribution is 7.84. The summed E-state index contributed by atoms with van der Waals surface area (Å²) >= 11 is 0. The third-order valence-electron chi connectivity index (χ3n) is 5.24. The molecular weight excluding hydrogens is 501 g/mol. The third kappa shape index (κ3) is 5.37. The van der Waals surface area contributed by atoms with Gasteiger partial charge in [-0.25, -0.2) is 17.9 Å². The monoisotopic (exact) mass is 520 g/mol. The fourth-order valence-electron chi connectivity index (χ4n) is 3.57. The van der Waals surface area contributed by atoms with Crippen LogP contribution in [-0.2, 0) is 34.6 Å². The van der Waals surface area contributed by atoms with E-state index in [-0.39, 0.29) is 27.9 Å². The fourth-order valence-corrected chi connectivity index (χ4v) is 5.83. The minimum Gasteiger partial charge on any atom is -0.478 e. The number of hydrogen-bond donors (Lipinski definition) is 2. The van der Waals surface area contributed by atoms with Gasteiger partial charge in [0.25, 0.3) is 0 Å². The highest BCUT2D eigenvalue weighted by Crippen LogP contribution is 2.38. The normalized spacial score (nSPS) is 13.6. The molecule has 0 fully saturated rings. The Morgan fingerprint density at radius 1 is 0.943 bits per heavy atom. The molecule has 4 rings (SSSR count). The summed E-state index contributed by atoms with van der Waals surface area (Å²) in [5.74, 6) is -1.06. The summed E-state index contributed by atoms with van der Waals surface area (Å²) in [6, 6.07) is 17.9. The van der Waals surface area contributed by atoms with Crippen molar-refractivity contribution in [3.8, 4) is 0 Å². The second-order valence-electron chi connectivity index (χ2n) is 7.49. The van der Waals surface area contributed by atoms with Crippen molar-refractivity contribution in [3.05, 3.63) is 95.7 Å². The molecule has 182 valence electrons. The zero-order valence-electron chi connectivity index (χ0n) is 18.0. The molecule has 0 radical (unpaired) electrons. The minimum atomic E-state index is -4.70. The molecule has 0 amide bonds. The number of alkyl halides is 3. The van der Waals surface area contributed by atoms with Crippen molar-refractivity contribution in [1.29, 1.82) is 0 Å². The summed E-state index contributed by atoms with van der Waals surface area (Å²) in [7, 11) is -3.89. The van der Waals surface area contributed by atoms with Gasteiger partial charge < -0.3 is 5.11 Å². The second kappa shape index (κ2) is 10.1. The van der Waals surface area contributed by atoms with E-state index in [0.717, 1.165) is 11.6 Å². The first-order valence-electron chi connectivity index (χ1n) is 10.3. The van der Waals surface area contributed by atoms with Crippen molar-refractivity contribution in [2.24, 2.45) is 0 Å². The summed E-state index contributed by atoms with van der Waals surface area (Å²) in [5, 5.41) is 8.70. The molecule has 2 N–H and O–H groups in total.